The molecule has 3 aromatic rings. The fourth-order valence-corrected chi connectivity index (χ4v) is 3.21. The van der Waals surface area contributed by atoms with Crippen molar-refractivity contribution in [3.05, 3.63) is 77.9 Å². The van der Waals surface area contributed by atoms with Gasteiger partial charge in [0.15, 0.2) is 11.6 Å². The van der Waals surface area contributed by atoms with E-state index in [-0.39, 0.29) is 17.9 Å². The second-order valence-electron chi connectivity index (χ2n) is 7.40. The van der Waals surface area contributed by atoms with Crippen LogP contribution in [0.25, 0.3) is 0 Å². The Bertz CT molecular complexity index is 1030. The Morgan fingerprint density at radius 3 is 2.47 bits per heavy atom. The highest BCUT2D eigenvalue weighted by Gasteiger charge is 2.16. The molecule has 7 nitrogen and oxygen atoms in total. The molecule has 1 N–H and O–H groups in total. The summed E-state index contributed by atoms with van der Waals surface area (Å²) in [7, 11) is 3.79. The summed E-state index contributed by atoms with van der Waals surface area (Å²) in [5, 5.41) is 9.52. The third kappa shape index (κ3) is 6.16. The number of likely N-dealkylation sites (N-methyl/N-ethyl adjacent to an activating group) is 1. The zero-order valence-electron chi connectivity index (χ0n) is 18.2. The van der Waals surface area contributed by atoms with Crippen LogP contribution in [0, 0.1) is 5.82 Å². The van der Waals surface area contributed by atoms with E-state index in [0.29, 0.717) is 24.6 Å². The maximum atomic E-state index is 13.7. The highest BCUT2D eigenvalue weighted by Crippen LogP contribution is 2.17. The van der Waals surface area contributed by atoms with Gasteiger partial charge >= 0.3 is 5.97 Å². The van der Waals surface area contributed by atoms with Crippen LogP contribution in [0.5, 0.6) is 5.75 Å². The lowest BCUT2D eigenvalue weighted by molar-refractivity contribution is 0.0694. The molecule has 0 fully saturated rings. The van der Waals surface area contributed by atoms with E-state index < -0.39 is 11.8 Å². The fourth-order valence-electron chi connectivity index (χ4n) is 3.21. The number of hydrogen-bond donors (Lipinski definition) is 1. The predicted molar refractivity (Wildman–Crippen MR) is 122 cm³/mol. The monoisotopic (exact) mass is 438 g/mol. The quantitative estimate of drug-likeness (QED) is 0.486. The minimum Gasteiger partial charge on any atom is -0.489 e. The van der Waals surface area contributed by atoms with Crippen molar-refractivity contribution >= 4 is 17.6 Å². The topological polar surface area (TPSA) is 78.8 Å². The summed E-state index contributed by atoms with van der Waals surface area (Å²) < 4.78 is 19.2. The van der Waals surface area contributed by atoms with Crippen molar-refractivity contribution in [1.29, 1.82) is 0 Å². The SMILES string of the molecule is CN(CCCc1nc(N(C)CCOc2ccccc2F)ncc1C(=O)O)c1ccccc1. The van der Waals surface area contributed by atoms with Gasteiger partial charge < -0.3 is 19.6 Å². The molecule has 1 aromatic heterocycles. The second-order valence-corrected chi connectivity index (χ2v) is 7.40. The molecule has 2 aromatic carbocycles. The van der Waals surface area contributed by atoms with Crippen molar-refractivity contribution in [2.24, 2.45) is 0 Å². The van der Waals surface area contributed by atoms with Gasteiger partial charge in [0.25, 0.3) is 0 Å². The smallest absolute Gasteiger partial charge is 0.339 e. The molecule has 0 saturated carbocycles. The van der Waals surface area contributed by atoms with Gasteiger partial charge in [0, 0.05) is 32.5 Å². The van der Waals surface area contributed by atoms with Gasteiger partial charge in [0.2, 0.25) is 5.95 Å². The zero-order valence-corrected chi connectivity index (χ0v) is 18.2. The van der Waals surface area contributed by atoms with E-state index in [4.69, 9.17) is 4.74 Å². The molecule has 8 heteroatoms. The van der Waals surface area contributed by atoms with Crippen LogP contribution in [0.2, 0.25) is 0 Å². The molecule has 0 aliphatic heterocycles. The number of ether oxygens (including phenoxy) is 1. The summed E-state index contributed by atoms with van der Waals surface area (Å²) in [4.78, 5) is 24.2. The van der Waals surface area contributed by atoms with E-state index in [1.54, 1.807) is 30.1 Å². The number of rotatable bonds is 11. The van der Waals surface area contributed by atoms with Crippen LogP contribution in [0.1, 0.15) is 22.5 Å². The molecule has 0 bridgehead atoms. The molecule has 168 valence electrons. The Labute approximate surface area is 187 Å². The van der Waals surface area contributed by atoms with E-state index >= 15 is 0 Å². The van der Waals surface area contributed by atoms with Crippen molar-refractivity contribution < 1.29 is 19.0 Å². The van der Waals surface area contributed by atoms with Gasteiger partial charge in [-0.3, -0.25) is 0 Å². The molecule has 1 heterocycles. The van der Waals surface area contributed by atoms with Gasteiger partial charge in [-0.25, -0.2) is 19.2 Å². The Morgan fingerprint density at radius 1 is 1.03 bits per heavy atom. The third-order valence-electron chi connectivity index (χ3n) is 5.05. The van der Waals surface area contributed by atoms with Crippen molar-refractivity contribution in [3.8, 4) is 5.75 Å². The summed E-state index contributed by atoms with van der Waals surface area (Å²) in [6, 6.07) is 16.2. The molecule has 0 spiro atoms. The summed E-state index contributed by atoms with van der Waals surface area (Å²) in [5.41, 5.74) is 1.70. The summed E-state index contributed by atoms with van der Waals surface area (Å²) in [6.07, 6.45) is 2.59. The molecule has 0 aliphatic rings. The number of anilines is 2. The fraction of sp³-hybridized carbons (Fsp3) is 0.292. The van der Waals surface area contributed by atoms with Gasteiger partial charge in [-0.05, 0) is 37.1 Å². The largest absolute Gasteiger partial charge is 0.489 e. The first-order chi connectivity index (χ1) is 15.5. The summed E-state index contributed by atoms with van der Waals surface area (Å²) >= 11 is 0. The van der Waals surface area contributed by atoms with Gasteiger partial charge in [-0.2, -0.15) is 0 Å². The van der Waals surface area contributed by atoms with Crippen LogP contribution < -0.4 is 14.5 Å². The van der Waals surface area contributed by atoms with E-state index in [9.17, 15) is 14.3 Å². The lowest BCUT2D eigenvalue weighted by Gasteiger charge is -2.20. The van der Waals surface area contributed by atoms with Crippen molar-refractivity contribution in [2.45, 2.75) is 12.8 Å². The van der Waals surface area contributed by atoms with Crippen LogP contribution in [-0.4, -0.2) is 54.8 Å². The average molecular weight is 439 g/mol. The molecule has 0 aliphatic carbocycles. The Kier molecular flexibility index (Phi) is 7.96. The van der Waals surface area contributed by atoms with Gasteiger partial charge in [-0.15, -0.1) is 0 Å². The normalized spacial score (nSPS) is 10.6. The van der Waals surface area contributed by atoms with Gasteiger partial charge in [0.1, 0.15) is 6.61 Å². The van der Waals surface area contributed by atoms with E-state index in [2.05, 4.69) is 14.9 Å². The standard InChI is InChI=1S/C24H27FN4O3/c1-28(18-9-4-3-5-10-18)14-8-12-21-19(23(30)31)17-26-24(27-21)29(2)15-16-32-22-13-7-6-11-20(22)25/h3-7,9-11,13,17H,8,12,14-16H2,1-2H3,(H,30,31). The molecule has 0 amide bonds. The van der Waals surface area contributed by atoms with E-state index in [1.807, 2.05) is 37.4 Å². The van der Waals surface area contributed by atoms with E-state index in [1.165, 1.54) is 12.3 Å². The van der Waals surface area contributed by atoms with Crippen molar-refractivity contribution in [3.63, 3.8) is 0 Å². The minimum absolute atomic E-state index is 0.104. The molecule has 0 radical (unpaired) electrons. The second kappa shape index (κ2) is 11.1. The number of carbonyl (C=O) groups is 1. The number of halogens is 1. The maximum absolute atomic E-state index is 13.7. The molecular weight excluding hydrogens is 411 g/mol. The van der Waals surface area contributed by atoms with Crippen molar-refractivity contribution in [1.82, 2.24) is 9.97 Å². The third-order valence-corrected chi connectivity index (χ3v) is 5.05. The number of benzene rings is 2. The number of aryl methyl sites for hydroxylation is 1. The highest BCUT2D eigenvalue weighted by molar-refractivity contribution is 5.88. The summed E-state index contributed by atoms with van der Waals surface area (Å²) in [6.45, 7) is 1.41. The number of aromatic nitrogens is 2. The van der Waals surface area contributed by atoms with Crippen LogP contribution in [-0.2, 0) is 6.42 Å². The van der Waals surface area contributed by atoms with Crippen LogP contribution in [0.3, 0.4) is 0 Å². The van der Waals surface area contributed by atoms with Crippen LogP contribution in [0.4, 0.5) is 16.0 Å². The first-order valence-corrected chi connectivity index (χ1v) is 10.4. The highest BCUT2D eigenvalue weighted by atomic mass is 19.1. The predicted octanol–water partition coefficient (Wildman–Crippen LogP) is 3.90. The Hall–Kier alpha value is -3.68. The van der Waals surface area contributed by atoms with Gasteiger partial charge in [-0.1, -0.05) is 30.3 Å². The molecule has 0 saturated heterocycles. The number of nitrogens with zero attached hydrogens (tertiary/aromatic N) is 4. The average Bonchev–Trinajstić information content (AvgIpc) is 2.80. The lowest BCUT2D eigenvalue weighted by Crippen LogP contribution is -2.26. The Morgan fingerprint density at radius 2 is 1.75 bits per heavy atom. The summed E-state index contributed by atoms with van der Waals surface area (Å²) in [5.74, 6) is -0.877. The number of aromatic carboxylic acids is 1. The number of hydrogen-bond acceptors (Lipinski definition) is 6. The molecule has 32 heavy (non-hydrogen) atoms. The molecular formula is C24H27FN4O3. The van der Waals surface area contributed by atoms with Crippen molar-refractivity contribution in [2.75, 3.05) is 43.6 Å². The molecule has 0 atom stereocenters. The maximum Gasteiger partial charge on any atom is 0.339 e. The molecule has 3 rings (SSSR count). The minimum atomic E-state index is -1.05. The van der Waals surface area contributed by atoms with Crippen LogP contribution >= 0.6 is 0 Å². The zero-order chi connectivity index (χ0) is 22.9. The number of carboxylic acid groups (broad SMARTS) is 1. The number of para-hydroxylation sites is 2. The lowest BCUT2D eigenvalue weighted by atomic mass is 10.1. The Balaban J connectivity index is 1.60. The van der Waals surface area contributed by atoms with E-state index in [0.717, 1.165) is 18.7 Å². The first kappa shape index (κ1) is 23.0. The van der Waals surface area contributed by atoms with Crippen LogP contribution in [0.15, 0.2) is 60.8 Å². The molecule has 0 unspecified atom stereocenters. The first-order valence-electron chi connectivity index (χ1n) is 10.4. The number of carboxylic acids is 1. The van der Waals surface area contributed by atoms with Gasteiger partial charge in [0.05, 0.1) is 17.8 Å².